The molecule has 3 heterocycles. The minimum absolute atomic E-state index is 0.0506. The number of carboxylic acids is 2. The molecule has 0 unspecified atom stereocenters. The SMILES string of the molecule is CCCCCCCCCCCCCCC[C@H](NC(=O)[C@H](CCCN)NC(=O)N[C@H](C(=O)O)C(C)C)C(=O)NCCCN[C@H](C(=O)O)[C@H](O[C@@H]1O[C@H](CN)[C@@H](O)[C@H]1O)[C@H]1O[C@@H](n2ccc(=O)[nH]c2=O)[C@H](O)[C@@H]1O. The number of aromatic nitrogens is 2. The molecule has 25 heteroatoms. The summed E-state index contributed by atoms with van der Waals surface area (Å²) in [5.41, 5.74) is 9.62. The number of amides is 4. The third kappa shape index (κ3) is 19.7. The quantitative estimate of drug-likeness (QED) is 0.0358. The van der Waals surface area contributed by atoms with Gasteiger partial charge in [0, 0.05) is 25.4 Å². The number of aromatic amines is 1. The van der Waals surface area contributed by atoms with Crippen LogP contribution in [0.25, 0.3) is 0 Å². The van der Waals surface area contributed by atoms with E-state index in [-0.39, 0.29) is 45.4 Å². The van der Waals surface area contributed by atoms with Gasteiger partial charge in [-0.05, 0) is 44.7 Å². The standard InChI is InChI=1S/C47H83N9O16/c1-4-5-6-7-8-9-10-11-12-13-14-15-16-19-28(52-41(63)29(20-17-22-48)53-46(68)55-32(27(2)3)43(64)65)40(62)51-24-18-23-50-33(44(66)67)38(72-45-37(61)34(58)30(26-49)70-45)39-35(59)36(60)42(71-39)56-25-21-31(57)54-47(56)69/h21,25,27-30,32-39,42,45,50,58-61H,4-20,22-24,26,48-49H2,1-3H3,(H,51,62)(H,52,63)(H,64,65)(H,66,67)(H2,53,55,68)(H,54,57,69)/t28-,29-,30+,32-,33-,34+,35-,36+,37+,38-,39-,42+,45-/m0/s1. The zero-order valence-electron chi connectivity index (χ0n) is 42.0. The number of carboxylic acid groups (broad SMARTS) is 2. The first-order valence-electron chi connectivity index (χ1n) is 25.6. The van der Waals surface area contributed by atoms with E-state index in [1.807, 2.05) is 4.98 Å². The molecule has 412 valence electrons. The van der Waals surface area contributed by atoms with Crippen LogP contribution in [0.15, 0.2) is 21.9 Å². The lowest BCUT2D eigenvalue weighted by atomic mass is 9.98. The van der Waals surface area contributed by atoms with Crippen LogP contribution in [0.1, 0.15) is 136 Å². The van der Waals surface area contributed by atoms with Crippen LogP contribution in [0.3, 0.4) is 0 Å². The average Bonchev–Trinajstić information content (AvgIpc) is 3.78. The van der Waals surface area contributed by atoms with Gasteiger partial charge in [0.2, 0.25) is 11.8 Å². The topological polar surface area (TPSA) is 401 Å². The van der Waals surface area contributed by atoms with E-state index in [1.54, 1.807) is 13.8 Å². The van der Waals surface area contributed by atoms with Crippen molar-refractivity contribution in [3.63, 3.8) is 0 Å². The first kappa shape index (κ1) is 61.7. The second-order valence-electron chi connectivity index (χ2n) is 19.0. The summed E-state index contributed by atoms with van der Waals surface area (Å²) in [6, 6.07) is -5.17. The van der Waals surface area contributed by atoms with Crippen LogP contribution in [-0.2, 0) is 33.4 Å². The number of H-pyrrole nitrogens is 1. The van der Waals surface area contributed by atoms with Gasteiger partial charge in [-0.1, -0.05) is 104 Å². The summed E-state index contributed by atoms with van der Waals surface area (Å²) in [5.74, 6) is -4.52. The highest BCUT2D eigenvalue weighted by atomic mass is 16.7. The van der Waals surface area contributed by atoms with E-state index in [2.05, 4.69) is 33.5 Å². The summed E-state index contributed by atoms with van der Waals surface area (Å²) >= 11 is 0. The van der Waals surface area contributed by atoms with Gasteiger partial charge in [-0.25, -0.2) is 14.4 Å². The predicted octanol–water partition coefficient (Wildman–Crippen LogP) is -1.02. The Kier molecular flexibility index (Phi) is 27.9. The Bertz CT molecular complexity index is 1920. The van der Waals surface area contributed by atoms with E-state index in [4.69, 9.17) is 25.7 Å². The number of carbonyl (C=O) groups is 5. The highest BCUT2D eigenvalue weighted by Gasteiger charge is 2.54. The van der Waals surface area contributed by atoms with Gasteiger partial charge < -0.3 is 82.9 Å². The van der Waals surface area contributed by atoms with Gasteiger partial charge in [-0.2, -0.15) is 0 Å². The number of ether oxygens (including phenoxy) is 3. The van der Waals surface area contributed by atoms with Gasteiger partial charge in [0.05, 0.1) is 0 Å². The van der Waals surface area contributed by atoms with E-state index in [0.717, 1.165) is 48.9 Å². The number of aliphatic carboxylic acids is 2. The highest BCUT2D eigenvalue weighted by molar-refractivity contribution is 5.92. The van der Waals surface area contributed by atoms with Gasteiger partial charge in [0.25, 0.3) is 5.56 Å². The second-order valence-corrected chi connectivity index (χ2v) is 19.0. The van der Waals surface area contributed by atoms with Crippen LogP contribution < -0.4 is 49.3 Å². The number of nitrogens with two attached hydrogens (primary N) is 2. The number of urea groups is 1. The Morgan fingerprint density at radius 1 is 0.708 bits per heavy atom. The molecule has 0 saturated carbocycles. The lowest BCUT2D eigenvalue weighted by Gasteiger charge is -2.33. The minimum Gasteiger partial charge on any atom is -0.480 e. The number of hydrogen-bond donors (Lipinski definition) is 14. The van der Waals surface area contributed by atoms with Crippen molar-refractivity contribution in [3.8, 4) is 0 Å². The highest BCUT2D eigenvalue weighted by Crippen LogP contribution is 2.34. The van der Waals surface area contributed by atoms with Crippen LogP contribution in [0.4, 0.5) is 4.79 Å². The fraction of sp³-hybridized carbons (Fsp3) is 0.809. The zero-order chi connectivity index (χ0) is 53.3. The molecule has 0 aliphatic carbocycles. The van der Waals surface area contributed by atoms with Crippen molar-refractivity contribution >= 4 is 29.8 Å². The summed E-state index contributed by atoms with van der Waals surface area (Å²) in [6.45, 7) is 5.18. The molecule has 0 spiro atoms. The molecule has 72 heavy (non-hydrogen) atoms. The molecule has 0 bridgehead atoms. The fourth-order valence-corrected chi connectivity index (χ4v) is 8.71. The average molecular weight is 1030 g/mol. The van der Waals surface area contributed by atoms with Crippen molar-refractivity contribution in [1.29, 1.82) is 0 Å². The third-order valence-electron chi connectivity index (χ3n) is 12.9. The Balaban J connectivity index is 1.72. The first-order chi connectivity index (χ1) is 34.4. The molecule has 0 aromatic carbocycles. The van der Waals surface area contributed by atoms with E-state index in [9.17, 15) is 64.2 Å². The minimum atomic E-state index is -1.92. The number of nitrogens with zero attached hydrogens (tertiary/aromatic N) is 1. The second kappa shape index (κ2) is 32.6. The van der Waals surface area contributed by atoms with Crippen LogP contribution >= 0.6 is 0 Å². The maximum Gasteiger partial charge on any atom is 0.330 e. The Labute approximate surface area is 419 Å². The molecule has 4 amide bonds. The maximum atomic E-state index is 13.8. The molecule has 16 N–H and O–H groups in total. The molecule has 2 aliphatic rings. The number of hydrogen-bond acceptors (Lipinski definition) is 17. The first-order valence-corrected chi connectivity index (χ1v) is 25.6. The molecule has 13 atom stereocenters. The van der Waals surface area contributed by atoms with Crippen LogP contribution in [0, 0.1) is 5.92 Å². The number of nitrogens with one attached hydrogen (secondary N) is 6. The molecule has 2 saturated heterocycles. The molecule has 0 radical (unpaired) electrons. The van der Waals surface area contributed by atoms with Gasteiger partial charge in [0.15, 0.2) is 12.5 Å². The molecular weight excluding hydrogens is 947 g/mol. The summed E-state index contributed by atoms with van der Waals surface area (Å²) in [4.78, 5) is 91.5. The normalized spacial score (nSPS) is 24.0. The molecular formula is C47H83N9O16. The van der Waals surface area contributed by atoms with E-state index < -0.39 is 126 Å². The third-order valence-corrected chi connectivity index (χ3v) is 12.9. The van der Waals surface area contributed by atoms with E-state index >= 15 is 0 Å². The van der Waals surface area contributed by atoms with Crippen molar-refractivity contribution in [2.75, 3.05) is 26.2 Å². The van der Waals surface area contributed by atoms with Crippen molar-refractivity contribution < 1.29 is 68.8 Å². The van der Waals surface area contributed by atoms with Gasteiger partial charge in [0.1, 0.15) is 66.9 Å². The van der Waals surface area contributed by atoms with Gasteiger partial charge in [-0.15, -0.1) is 0 Å². The smallest absolute Gasteiger partial charge is 0.330 e. The lowest BCUT2D eigenvalue weighted by molar-refractivity contribution is -0.228. The number of carbonyl (C=O) groups excluding carboxylic acids is 3. The van der Waals surface area contributed by atoms with Crippen LogP contribution in [0.5, 0.6) is 0 Å². The number of rotatable bonds is 36. The van der Waals surface area contributed by atoms with Crippen molar-refractivity contribution in [2.45, 2.75) is 209 Å². The van der Waals surface area contributed by atoms with Gasteiger partial charge >= 0.3 is 23.7 Å². The summed E-state index contributed by atoms with van der Waals surface area (Å²) < 4.78 is 18.1. The monoisotopic (exact) mass is 1030 g/mol. The molecule has 1 aromatic heterocycles. The summed E-state index contributed by atoms with van der Waals surface area (Å²) in [7, 11) is 0. The maximum absolute atomic E-state index is 13.8. The number of unbranched alkanes of at least 4 members (excludes halogenated alkanes) is 12. The Morgan fingerprint density at radius 2 is 1.29 bits per heavy atom. The largest absolute Gasteiger partial charge is 0.480 e. The molecule has 2 fully saturated rings. The molecule has 25 nitrogen and oxygen atoms in total. The number of aliphatic hydroxyl groups excluding tert-OH is 4. The van der Waals surface area contributed by atoms with Crippen LogP contribution in [-0.4, -0.2) is 169 Å². The van der Waals surface area contributed by atoms with Gasteiger partial charge in [-0.3, -0.25) is 28.7 Å². The predicted molar refractivity (Wildman–Crippen MR) is 261 cm³/mol. The summed E-state index contributed by atoms with van der Waals surface area (Å²) in [5, 5.41) is 76.7. The van der Waals surface area contributed by atoms with Crippen molar-refractivity contribution in [1.82, 2.24) is 36.1 Å². The molecule has 1 aromatic rings. The number of aliphatic hydroxyl groups is 4. The summed E-state index contributed by atoms with van der Waals surface area (Å²) in [6.07, 6.45) is 0.953. The fourth-order valence-electron chi connectivity index (χ4n) is 8.71. The molecule has 3 rings (SSSR count). The van der Waals surface area contributed by atoms with E-state index in [0.29, 0.717) is 12.8 Å². The Morgan fingerprint density at radius 3 is 1.83 bits per heavy atom. The van der Waals surface area contributed by atoms with Crippen molar-refractivity contribution in [2.24, 2.45) is 17.4 Å². The van der Waals surface area contributed by atoms with Crippen molar-refractivity contribution in [3.05, 3.63) is 33.1 Å². The van der Waals surface area contributed by atoms with Crippen LogP contribution in [0.2, 0.25) is 0 Å². The zero-order valence-corrected chi connectivity index (χ0v) is 42.0. The molecule has 2 aliphatic heterocycles. The Hall–Kier alpha value is -4.57. The lowest BCUT2D eigenvalue weighted by Crippen LogP contribution is -2.57. The van der Waals surface area contributed by atoms with E-state index in [1.165, 1.54) is 44.9 Å².